The van der Waals surface area contributed by atoms with Crippen molar-refractivity contribution in [3.05, 3.63) is 38.7 Å². The van der Waals surface area contributed by atoms with Crippen molar-refractivity contribution in [2.75, 3.05) is 20.8 Å². The van der Waals surface area contributed by atoms with Crippen LogP contribution in [-0.2, 0) is 23.6 Å². The molecule has 0 fully saturated rings. The third kappa shape index (κ3) is 3.91. The van der Waals surface area contributed by atoms with Crippen molar-refractivity contribution in [1.29, 1.82) is 0 Å². The van der Waals surface area contributed by atoms with Crippen molar-refractivity contribution < 1.29 is 9.53 Å². The van der Waals surface area contributed by atoms with Crippen molar-refractivity contribution >= 4 is 12.0 Å². The number of aromatic nitrogens is 2. The average molecular weight is 295 g/mol. The summed E-state index contributed by atoms with van der Waals surface area (Å²) in [6, 6.07) is -0.0740. The van der Waals surface area contributed by atoms with E-state index in [0.29, 0.717) is 6.61 Å². The number of likely N-dealkylation sites (N-methyl/N-ethyl adjacent to an activating group) is 1. The number of rotatable bonds is 5. The molecule has 1 unspecified atom stereocenters. The predicted octanol–water partition coefficient (Wildman–Crippen LogP) is -0.409. The van der Waals surface area contributed by atoms with Gasteiger partial charge >= 0.3 is 5.69 Å². The molecule has 1 aromatic rings. The number of amides is 1. The first-order valence-corrected chi connectivity index (χ1v) is 6.50. The fraction of sp³-hybridized carbons (Fsp3) is 0.500. The number of ether oxygens (including phenoxy) is 1. The third-order valence-corrected chi connectivity index (χ3v) is 3.30. The van der Waals surface area contributed by atoms with Gasteiger partial charge in [-0.2, -0.15) is 0 Å². The fourth-order valence-electron chi connectivity index (χ4n) is 1.80. The number of hydrogen-bond acceptors (Lipinski definition) is 4. The lowest BCUT2D eigenvalue weighted by atomic mass is 10.2. The lowest BCUT2D eigenvalue weighted by Gasteiger charge is -2.22. The molecule has 1 amide bonds. The van der Waals surface area contributed by atoms with Crippen LogP contribution in [0.15, 0.2) is 21.9 Å². The number of carbonyl (C=O) groups excluding carboxylic acids is 1. The summed E-state index contributed by atoms with van der Waals surface area (Å²) in [7, 11) is 6.18. The van der Waals surface area contributed by atoms with E-state index >= 15 is 0 Å². The highest BCUT2D eigenvalue weighted by atomic mass is 16.5. The summed E-state index contributed by atoms with van der Waals surface area (Å²) in [5.74, 6) is -0.240. The molecule has 21 heavy (non-hydrogen) atoms. The molecule has 7 heteroatoms. The van der Waals surface area contributed by atoms with Crippen LogP contribution in [-0.4, -0.2) is 46.7 Å². The zero-order valence-corrected chi connectivity index (χ0v) is 13.0. The number of methoxy groups -OCH3 is 1. The molecule has 1 rings (SSSR count). The quantitative estimate of drug-likeness (QED) is 0.692. The highest BCUT2D eigenvalue weighted by Crippen LogP contribution is 2.00. The van der Waals surface area contributed by atoms with Crippen LogP contribution >= 0.6 is 0 Å². The molecule has 0 aliphatic heterocycles. The average Bonchev–Trinajstić information content (AvgIpc) is 2.46. The molecule has 0 saturated heterocycles. The Morgan fingerprint density at radius 2 is 2.05 bits per heavy atom. The van der Waals surface area contributed by atoms with Crippen LogP contribution in [0.1, 0.15) is 12.5 Å². The van der Waals surface area contributed by atoms with Gasteiger partial charge in [0.2, 0.25) is 5.91 Å². The Kier molecular flexibility index (Phi) is 5.66. The van der Waals surface area contributed by atoms with Crippen LogP contribution in [0, 0.1) is 0 Å². The van der Waals surface area contributed by atoms with Gasteiger partial charge in [-0.25, -0.2) is 4.79 Å². The topological polar surface area (TPSA) is 73.5 Å². The second-order valence-electron chi connectivity index (χ2n) is 4.93. The Labute approximate surface area is 123 Å². The maximum absolute atomic E-state index is 12.0. The number of hydrogen-bond donors (Lipinski definition) is 0. The molecule has 1 heterocycles. The van der Waals surface area contributed by atoms with Gasteiger partial charge < -0.3 is 14.2 Å². The predicted molar refractivity (Wildman–Crippen MR) is 80.1 cm³/mol. The van der Waals surface area contributed by atoms with E-state index in [0.717, 1.165) is 4.57 Å². The Balaban J connectivity index is 2.99. The summed E-state index contributed by atoms with van der Waals surface area (Å²) in [5, 5.41) is 0. The second-order valence-corrected chi connectivity index (χ2v) is 4.93. The van der Waals surface area contributed by atoms with E-state index < -0.39 is 11.2 Å². The van der Waals surface area contributed by atoms with Crippen LogP contribution in [0.5, 0.6) is 0 Å². The molecule has 0 saturated carbocycles. The summed E-state index contributed by atoms with van der Waals surface area (Å²) >= 11 is 0. The molecular formula is C14H21N3O4. The van der Waals surface area contributed by atoms with E-state index in [-0.39, 0.29) is 17.5 Å². The maximum atomic E-state index is 12.0. The number of aryl methyl sites for hydroxylation is 1. The zero-order valence-electron chi connectivity index (χ0n) is 13.0. The monoisotopic (exact) mass is 295 g/mol. The van der Waals surface area contributed by atoms with Gasteiger partial charge in [-0.3, -0.25) is 14.2 Å². The molecular weight excluding hydrogens is 274 g/mol. The van der Waals surface area contributed by atoms with Gasteiger partial charge in [-0.1, -0.05) is 0 Å². The van der Waals surface area contributed by atoms with Crippen LogP contribution < -0.4 is 11.2 Å². The standard InChI is InChI=1S/C14H21N3O4/c1-10(9-21-5)16(3)12(18)7-6-11-8-15(2)14(20)17(4)13(11)19/h6-8,10H,9H2,1-5H3/b7-6+. The maximum Gasteiger partial charge on any atom is 0.330 e. The van der Waals surface area contributed by atoms with Crippen molar-refractivity contribution in [3.8, 4) is 0 Å². The van der Waals surface area contributed by atoms with Gasteiger partial charge in [0, 0.05) is 40.5 Å². The molecule has 0 spiro atoms. The van der Waals surface area contributed by atoms with Gasteiger partial charge in [0.25, 0.3) is 5.56 Å². The van der Waals surface area contributed by atoms with Crippen molar-refractivity contribution in [2.45, 2.75) is 13.0 Å². The molecule has 0 aliphatic rings. The lowest BCUT2D eigenvalue weighted by Crippen LogP contribution is -2.38. The van der Waals surface area contributed by atoms with E-state index in [2.05, 4.69) is 0 Å². The Hall–Kier alpha value is -2.15. The van der Waals surface area contributed by atoms with E-state index in [1.165, 1.54) is 34.9 Å². The normalized spacial score (nSPS) is 12.6. The van der Waals surface area contributed by atoms with Gasteiger partial charge in [0.15, 0.2) is 0 Å². The molecule has 116 valence electrons. The lowest BCUT2D eigenvalue weighted by molar-refractivity contribution is -0.127. The highest BCUT2D eigenvalue weighted by Gasteiger charge is 2.13. The molecule has 0 N–H and O–H groups in total. The molecule has 0 radical (unpaired) electrons. The minimum atomic E-state index is -0.435. The van der Waals surface area contributed by atoms with Crippen LogP contribution in [0.3, 0.4) is 0 Å². The smallest absolute Gasteiger partial charge is 0.330 e. The first kappa shape index (κ1) is 16.9. The Bertz CT molecular complexity index is 657. The first-order valence-electron chi connectivity index (χ1n) is 6.50. The van der Waals surface area contributed by atoms with Crippen molar-refractivity contribution in [2.24, 2.45) is 14.1 Å². The van der Waals surface area contributed by atoms with E-state index in [4.69, 9.17) is 4.74 Å². The molecule has 1 aromatic heterocycles. The third-order valence-electron chi connectivity index (χ3n) is 3.30. The highest BCUT2D eigenvalue weighted by molar-refractivity contribution is 5.91. The SMILES string of the molecule is COCC(C)N(C)C(=O)/C=C/c1cn(C)c(=O)n(C)c1=O. The van der Waals surface area contributed by atoms with Crippen molar-refractivity contribution in [1.82, 2.24) is 14.0 Å². The summed E-state index contributed by atoms with van der Waals surface area (Å²) in [4.78, 5) is 37.0. The van der Waals surface area contributed by atoms with Gasteiger partial charge in [-0.15, -0.1) is 0 Å². The van der Waals surface area contributed by atoms with Gasteiger partial charge in [0.05, 0.1) is 18.2 Å². The minimum absolute atomic E-state index is 0.0740. The van der Waals surface area contributed by atoms with Gasteiger partial charge in [-0.05, 0) is 13.0 Å². The van der Waals surface area contributed by atoms with Crippen LogP contribution in [0.25, 0.3) is 6.08 Å². The molecule has 0 aliphatic carbocycles. The summed E-state index contributed by atoms with van der Waals surface area (Å²) in [6.45, 7) is 2.29. The molecule has 0 bridgehead atoms. The molecule has 1 atom stereocenters. The Morgan fingerprint density at radius 1 is 1.43 bits per heavy atom. The summed E-state index contributed by atoms with van der Waals surface area (Å²) < 4.78 is 7.29. The minimum Gasteiger partial charge on any atom is -0.383 e. The number of nitrogens with zero attached hydrogens (tertiary/aromatic N) is 3. The summed E-state index contributed by atoms with van der Waals surface area (Å²) in [6.07, 6.45) is 4.14. The van der Waals surface area contributed by atoms with Crippen molar-refractivity contribution in [3.63, 3.8) is 0 Å². The van der Waals surface area contributed by atoms with Crippen LogP contribution in [0.2, 0.25) is 0 Å². The molecule has 0 aromatic carbocycles. The van der Waals surface area contributed by atoms with Gasteiger partial charge in [0.1, 0.15) is 0 Å². The largest absolute Gasteiger partial charge is 0.383 e. The summed E-state index contributed by atoms with van der Waals surface area (Å²) in [5.41, 5.74) is -0.565. The van der Waals surface area contributed by atoms with Crippen LogP contribution in [0.4, 0.5) is 0 Å². The van der Waals surface area contributed by atoms with E-state index in [1.54, 1.807) is 21.2 Å². The fourth-order valence-corrected chi connectivity index (χ4v) is 1.80. The number of carbonyl (C=O) groups is 1. The Morgan fingerprint density at radius 3 is 2.62 bits per heavy atom. The molecule has 7 nitrogen and oxygen atoms in total. The van der Waals surface area contributed by atoms with E-state index in [9.17, 15) is 14.4 Å². The second kappa shape index (κ2) is 7.03. The first-order chi connectivity index (χ1) is 9.79. The zero-order chi connectivity index (χ0) is 16.2. The van der Waals surface area contributed by atoms with E-state index in [1.807, 2.05) is 6.92 Å².